The van der Waals surface area contributed by atoms with Crippen molar-refractivity contribution in [1.82, 2.24) is 0 Å². The molecule has 1 fully saturated rings. The molecule has 1 saturated carbocycles. The van der Waals surface area contributed by atoms with Crippen LogP contribution < -0.4 is 15.9 Å². The predicted octanol–water partition coefficient (Wildman–Crippen LogP) is 7.56. The molecule has 4 heteroatoms. The second-order valence-corrected chi connectivity index (χ2v) is 9.40. The Kier molecular flexibility index (Phi) is 9.34. The lowest BCUT2D eigenvalue weighted by molar-refractivity contribution is 0.192. The second-order valence-electron chi connectivity index (χ2n) is 9.40. The van der Waals surface area contributed by atoms with Gasteiger partial charge in [0.1, 0.15) is 23.2 Å². The lowest BCUT2D eigenvalue weighted by Gasteiger charge is -2.21. The highest BCUT2D eigenvalue weighted by molar-refractivity contribution is 5.78. The molecule has 4 nitrogen and oxygen atoms in total. The first-order chi connectivity index (χ1) is 17.8. The molecular formula is C32H37NO3. The highest BCUT2D eigenvalue weighted by Gasteiger charge is 2.20. The molecule has 3 aromatic carbocycles. The summed E-state index contributed by atoms with van der Waals surface area (Å²) in [5.41, 5.74) is 7.67. The molecule has 0 spiro atoms. The van der Waals surface area contributed by atoms with Gasteiger partial charge in [-0.1, -0.05) is 79.9 Å². The van der Waals surface area contributed by atoms with Crippen LogP contribution in [0.5, 0.6) is 5.75 Å². The molecule has 0 amide bonds. The molecule has 1 aromatic heterocycles. The second kappa shape index (κ2) is 13.1. The van der Waals surface area contributed by atoms with Gasteiger partial charge in [-0.3, -0.25) is 4.79 Å². The number of nitrogens with two attached hydrogens (primary N) is 1. The van der Waals surface area contributed by atoms with Crippen molar-refractivity contribution in [1.29, 1.82) is 0 Å². The smallest absolute Gasteiger partial charge is 0.192 e. The molecule has 1 unspecified atom stereocenters. The molecule has 0 aliphatic heterocycles. The third-order valence-electron chi connectivity index (χ3n) is 6.95. The number of hydrogen-bond donors (Lipinski definition) is 1. The maximum Gasteiger partial charge on any atom is 0.192 e. The Labute approximate surface area is 214 Å². The molecule has 1 atom stereocenters. The van der Waals surface area contributed by atoms with Crippen LogP contribution in [0.2, 0.25) is 0 Å². The zero-order chi connectivity index (χ0) is 25.2. The van der Waals surface area contributed by atoms with Gasteiger partial charge in [-0.25, -0.2) is 0 Å². The van der Waals surface area contributed by atoms with Crippen molar-refractivity contribution in [2.24, 2.45) is 5.73 Å². The fourth-order valence-electron chi connectivity index (χ4n) is 5.08. The molecule has 5 rings (SSSR count). The molecule has 4 aromatic rings. The summed E-state index contributed by atoms with van der Waals surface area (Å²) in [5, 5.41) is 0.618. The van der Waals surface area contributed by atoms with Crippen molar-refractivity contribution in [3.63, 3.8) is 0 Å². The number of ether oxygens (including phenoxy) is 1. The van der Waals surface area contributed by atoms with E-state index < -0.39 is 0 Å². The Hall–Kier alpha value is -3.37. The van der Waals surface area contributed by atoms with E-state index in [0.29, 0.717) is 16.9 Å². The van der Waals surface area contributed by atoms with Gasteiger partial charge in [0, 0.05) is 18.1 Å². The average molecular weight is 484 g/mol. The minimum atomic E-state index is -0.0596. The zero-order valence-electron chi connectivity index (χ0n) is 21.2. The third-order valence-corrected chi connectivity index (χ3v) is 6.95. The molecule has 0 bridgehead atoms. The SMILES string of the molecule is CN.O=c1cc(C2CCCCC2)oc2cc(OC(CCCc3ccccc3)c3ccccc3)ccc12. The fourth-order valence-corrected chi connectivity index (χ4v) is 5.08. The molecular weight excluding hydrogens is 446 g/mol. The summed E-state index contributed by atoms with van der Waals surface area (Å²) in [4.78, 5) is 12.8. The molecule has 188 valence electrons. The average Bonchev–Trinajstić information content (AvgIpc) is 2.95. The van der Waals surface area contributed by atoms with Gasteiger partial charge in [0.2, 0.25) is 0 Å². The van der Waals surface area contributed by atoms with Crippen molar-refractivity contribution in [3.05, 3.63) is 112 Å². The van der Waals surface area contributed by atoms with E-state index in [1.54, 1.807) is 6.07 Å². The van der Waals surface area contributed by atoms with Crippen molar-refractivity contribution in [2.75, 3.05) is 7.05 Å². The lowest BCUT2D eigenvalue weighted by atomic mass is 9.87. The number of hydrogen-bond acceptors (Lipinski definition) is 4. The van der Waals surface area contributed by atoms with Crippen LogP contribution in [0.1, 0.15) is 73.9 Å². The Bertz CT molecular complexity index is 1260. The number of aryl methyl sites for hydroxylation is 1. The van der Waals surface area contributed by atoms with E-state index in [9.17, 15) is 4.79 Å². The topological polar surface area (TPSA) is 65.5 Å². The molecule has 2 N–H and O–H groups in total. The Morgan fingerprint density at radius 1 is 0.889 bits per heavy atom. The monoisotopic (exact) mass is 483 g/mol. The van der Waals surface area contributed by atoms with E-state index in [1.165, 1.54) is 31.9 Å². The Morgan fingerprint density at radius 3 is 2.31 bits per heavy atom. The molecule has 1 heterocycles. The van der Waals surface area contributed by atoms with Crippen LogP contribution in [0.15, 0.2) is 94.1 Å². The van der Waals surface area contributed by atoms with Crippen molar-refractivity contribution in [3.8, 4) is 5.75 Å². The highest BCUT2D eigenvalue weighted by atomic mass is 16.5. The summed E-state index contributed by atoms with van der Waals surface area (Å²) in [6, 6.07) is 28.3. The third kappa shape index (κ3) is 6.64. The summed E-state index contributed by atoms with van der Waals surface area (Å²) < 4.78 is 12.8. The lowest BCUT2D eigenvalue weighted by Crippen LogP contribution is -2.10. The van der Waals surface area contributed by atoms with E-state index in [-0.39, 0.29) is 11.5 Å². The predicted molar refractivity (Wildman–Crippen MR) is 148 cm³/mol. The van der Waals surface area contributed by atoms with Gasteiger partial charge >= 0.3 is 0 Å². The van der Waals surface area contributed by atoms with E-state index in [0.717, 1.165) is 49.2 Å². The van der Waals surface area contributed by atoms with Crippen molar-refractivity contribution in [2.45, 2.75) is 63.4 Å². The van der Waals surface area contributed by atoms with E-state index in [1.807, 2.05) is 24.3 Å². The number of benzene rings is 3. The standard InChI is InChI=1S/C31H32O3.CH5N/c32-28-22-30(25-16-8-3-9-17-25)34-31-21-26(19-20-27(28)31)33-29(24-14-6-2-7-15-24)18-10-13-23-11-4-1-5-12-23;1-2/h1-2,4-7,11-12,14-15,19-22,25,29H,3,8-10,13,16-18H2;2H2,1H3. The first-order valence-electron chi connectivity index (χ1n) is 13.2. The molecule has 36 heavy (non-hydrogen) atoms. The largest absolute Gasteiger partial charge is 0.486 e. The van der Waals surface area contributed by atoms with Crippen molar-refractivity contribution < 1.29 is 9.15 Å². The number of fused-ring (bicyclic) bond motifs is 1. The van der Waals surface area contributed by atoms with Crippen LogP contribution in [-0.2, 0) is 6.42 Å². The maximum absolute atomic E-state index is 12.8. The van der Waals surface area contributed by atoms with Crippen LogP contribution in [-0.4, -0.2) is 7.05 Å². The zero-order valence-corrected chi connectivity index (χ0v) is 21.2. The fraction of sp³-hybridized carbons (Fsp3) is 0.344. The van der Waals surface area contributed by atoms with Gasteiger partial charge in [-0.15, -0.1) is 0 Å². The molecule has 0 radical (unpaired) electrons. The van der Waals surface area contributed by atoms with Gasteiger partial charge in [0.15, 0.2) is 5.43 Å². The van der Waals surface area contributed by atoms with Crippen LogP contribution in [0, 0.1) is 0 Å². The minimum absolute atomic E-state index is 0.0378. The first-order valence-corrected chi connectivity index (χ1v) is 13.2. The van der Waals surface area contributed by atoms with E-state index in [2.05, 4.69) is 60.3 Å². The summed E-state index contributed by atoms with van der Waals surface area (Å²) in [6.45, 7) is 0. The quantitative estimate of drug-likeness (QED) is 0.281. The first kappa shape index (κ1) is 25.7. The Balaban J connectivity index is 0.00000148. The number of rotatable bonds is 8. The van der Waals surface area contributed by atoms with Gasteiger partial charge < -0.3 is 14.9 Å². The minimum Gasteiger partial charge on any atom is -0.486 e. The highest BCUT2D eigenvalue weighted by Crippen LogP contribution is 2.34. The van der Waals surface area contributed by atoms with Crippen LogP contribution in [0.3, 0.4) is 0 Å². The molecule has 1 aliphatic rings. The summed E-state index contributed by atoms with van der Waals surface area (Å²) in [5.74, 6) is 1.92. The van der Waals surface area contributed by atoms with E-state index >= 15 is 0 Å². The van der Waals surface area contributed by atoms with Gasteiger partial charge in [0.25, 0.3) is 0 Å². The van der Waals surface area contributed by atoms with Gasteiger partial charge in [-0.05, 0) is 62.4 Å². The Morgan fingerprint density at radius 2 is 1.58 bits per heavy atom. The summed E-state index contributed by atoms with van der Waals surface area (Å²) in [6.07, 6.45) is 8.78. The van der Waals surface area contributed by atoms with Crippen LogP contribution in [0.25, 0.3) is 11.0 Å². The molecule has 1 aliphatic carbocycles. The normalized spacial score (nSPS) is 14.6. The van der Waals surface area contributed by atoms with E-state index in [4.69, 9.17) is 9.15 Å². The maximum atomic E-state index is 12.8. The van der Waals surface area contributed by atoms with Gasteiger partial charge in [-0.2, -0.15) is 0 Å². The molecule has 0 saturated heterocycles. The summed E-state index contributed by atoms with van der Waals surface area (Å²) >= 11 is 0. The van der Waals surface area contributed by atoms with Crippen LogP contribution in [0.4, 0.5) is 0 Å². The van der Waals surface area contributed by atoms with Crippen LogP contribution >= 0.6 is 0 Å². The van der Waals surface area contributed by atoms with Gasteiger partial charge in [0.05, 0.1) is 5.39 Å². The summed E-state index contributed by atoms with van der Waals surface area (Å²) in [7, 11) is 1.50. The van der Waals surface area contributed by atoms with Crippen molar-refractivity contribution >= 4 is 11.0 Å².